The van der Waals surface area contributed by atoms with Crippen molar-refractivity contribution >= 4 is 34.8 Å². The number of anilines is 2. The normalized spacial score (nSPS) is 16.6. The number of nitrogens with one attached hydrogen (secondary N) is 1. The largest absolute Gasteiger partial charge is 0.482 e. The summed E-state index contributed by atoms with van der Waals surface area (Å²) in [5.74, 6) is 0.310. The molecule has 1 N–H and O–H groups in total. The van der Waals surface area contributed by atoms with Crippen molar-refractivity contribution in [1.29, 1.82) is 0 Å². The van der Waals surface area contributed by atoms with Gasteiger partial charge in [0.15, 0.2) is 6.61 Å². The predicted octanol–water partition coefficient (Wildman–Crippen LogP) is 2.63. The molecule has 2 aliphatic rings. The van der Waals surface area contributed by atoms with Crippen LogP contribution in [0.1, 0.15) is 10.4 Å². The second-order valence-corrected chi connectivity index (χ2v) is 6.69. The first-order valence-corrected chi connectivity index (χ1v) is 8.85. The fourth-order valence-corrected chi connectivity index (χ4v) is 3.50. The quantitative estimate of drug-likeness (QED) is 0.881. The highest BCUT2D eigenvalue weighted by molar-refractivity contribution is 6.33. The van der Waals surface area contributed by atoms with Gasteiger partial charge < -0.3 is 19.9 Å². The number of carbonyl (C=O) groups is 2. The molecule has 4 rings (SSSR count). The van der Waals surface area contributed by atoms with Crippen molar-refractivity contribution < 1.29 is 14.3 Å². The number of fused-ring (bicyclic) bond motifs is 1. The number of hydrogen-bond acceptors (Lipinski definition) is 4. The molecule has 134 valence electrons. The number of halogens is 1. The van der Waals surface area contributed by atoms with E-state index in [2.05, 4.69) is 10.2 Å². The van der Waals surface area contributed by atoms with Crippen LogP contribution in [-0.2, 0) is 4.79 Å². The maximum absolute atomic E-state index is 12.8. The van der Waals surface area contributed by atoms with E-state index in [1.165, 1.54) is 0 Å². The Hall–Kier alpha value is -2.73. The van der Waals surface area contributed by atoms with Gasteiger partial charge in [-0.2, -0.15) is 0 Å². The lowest BCUT2D eigenvalue weighted by molar-refractivity contribution is -0.118. The SMILES string of the molecule is O=C1COc2cc(C(=O)N3CCN(c4ccccc4Cl)CC3)ccc2N1. The van der Waals surface area contributed by atoms with Gasteiger partial charge in [-0.05, 0) is 30.3 Å². The molecule has 2 heterocycles. The van der Waals surface area contributed by atoms with Gasteiger partial charge >= 0.3 is 0 Å². The minimum Gasteiger partial charge on any atom is -0.482 e. The van der Waals surface area contributed by atoms with Crippen LogP contribution in [0.3, 0.4) is 0 Å². The van der Waals surface area contributed by atoms with E-state index in [4.69, 9.17) is 16.3 Å². The van der Waals surface area contributed by atoms with Crippen LogP contribution >= 0.6 is 11.6 Å². The predicted molar refractivity (Wildman–Crippen MR) is 100 cm³/mol. The molecule has 0 saturated carbocycles. The van der Waals surface area contributed by atoms with Gasteiger partial charge in [0.2, 0.25) is 0 Å². The molecule has 0 spiro atoms. The van der Waals surface area contributed by atoms with Crippen LogP contribution in [0.2, 0.25) is 5.02 Å². The third-order valence-electron chi connectivity index (χ3n) is 4.62. The number of carbonyl (C=O) groups excluding carboxylic acids is 2. The number of para-hydroxylation sites is 1. The summed E-state index contributed by atoms with van der Waals surface area (Å²) in [7, 11) is 0. The number of amides is 2. The molecule has 1 saturated heterocycles. The van der Waals surface area contributed by atoms with Gasteiger partial charge in [0.25, 0.3) is 11.8 Å². The molecule has 7 heteroatoms. The Kier molecular flexibility index (Phi) is 4.42. The third kappa shape index (κ3) is 3.20. The first-order valence-electron chi connectivity index (χ1n) is 8.47. The lowest BCUT2D eigenvalue weighted by atomic mass is 10.1. The zero-order valence-corrected chi connectivity index (χ0v) is 14.8. The van der Waals surface area contributed by atoms with E-state index in [0.29, 0.717) is 30.1 Å². The van der Waals surface area contributed by atoms with Crippen LogP contribution in [-0.4, -0.2) is 49.5 Å². The van der Waals surface area contributed by atoms with Crippen molar-refractivity contribution in [2.45, 2.75) is 0 Å². The third-order valence-corrected chi connectivity index (χ3v) is 4.94. The molecule has 26 heavy (non-hydrogen) atoms. The van der Waals surface area contributed by atoms with Crippen molar-refractivity contribution in [3.05, 3.63) is 53.1 Å². The summed E-state index contributed by atoms with van der Waals surface area (Å²) < 4.78 is 5.40. The molecule has 0 unspecified atom stereocenters. The lowest BCUT2D eigenvalue weighted by Crippen LogP contribution is -2.48. The zero-order valence-electron chi connectivity index (χ0n) is 14.1. The van der Waals surface area contributed by atoms with Crippen LogP contribution in [0.5, 0.6) is 5.75 Å². The summed E-state index contributed by atoms with van der Waals surface area (Å²) in [5, 5.41) is 3.45. The van der Waals surface area contributed by atoms with Crippen molar-refractivity contribution in [2.24, 2.45) is 0 Å². The average molecular weight is 372 g/mol. The number of benzene rings is 2. The maximum atomic E-state index is 12.8. The molecule has 2 amide bonds. The van der Waals surface area contributed by atoms with Crippen molar-refractivity contribution in [1.82, 2.24) is 4.90 Å². The minimum atomic E-state index is -0.188. The average Bonchev–Trinajstić information content (AvgIpc) is 2.67. The number of hydrogen-bond donors (Lipinski definition) is 1. The van der Waals surface area contributed by atoms with Crippen molar-refractivity contribution in [2.75, 3.05) is 43.0 Å². The number of nitrogens with zero attached hydrogens (tertiary/aromatic N) is 2. The summed E-state index contributed by atoms with van der Waals surface area (Å²) in [6.45, 7) is 2.68. The molecule has 2 aliphatic heterocycles. The van der Waals surface area contributed by atoms with Gasteiger partial charge in [0.1, 0.15) is 5.75 Å². The highest BCUT2D eigenvalue weighted by atomic mass is 35.5. The van der Waals surface area contributed by atoms with E-state index in [-0.39, 0.29) is 18.4 Å². The Morgan fingerprint density at radius 1 is 1.08 bits per heavy atom. The Morgan fingerprint density at radius 3 is 2.62 bits per heavy atom. The zero-order chi connectivity index (χ0) is 18.1. The van der Waals surface area contributed by atoms with Crippen molar-refractivity contribution in [3.8, 4) is 5.75 Å². The molecule has 0 aromatic heterocycles. The van der Waals surface area contributed by atoms with Crippen LogP contribution in [0, 0.1) is 0 Å². The molecule has 0 aliphatic carbocycles. The minimum absolute atomic E-state index is 0.0266. The summed E-state index contributed by atoms with van der Waals surface area (Å²) in [6, 6.07) is 12.9. The first kappa shape index (κ1) is 16.7. The topological polar surface area (TPSA) is 61.9 Å². The highest BCUT2D eigenvalue weighted by Crippen LogP contribution is 2.30. The van der Waals surface area contributed by atoms with Crippen LogP contribution in [0.25, 0.3) is 0 Å². The van der Waals surface area contributed by atoms with E-state index in [9.17, 15) is 9.59 Å². The van der Waals surface area contributed by atoms with Gasteiger partial charge in [-0.1, -0.05) is 23.7 Å². The molecule has 2 aromatic rings. The van der Waals surface area contributed by atoms with E-state index < -0.39 is 0 Å². The van der Waals surface area contributed by atoms with Gasteiger partial charge in [0, 0.05) is 31.7 Å². The smallest absolute Gasteiger partial charge is 0.262 e. The molecule has 0 radical (unpaired) electrons. The Balaban J connectivity index is 1.44. The molecule has 6 nitrogen and oxygen atoms in total. The Morgan fingerprint density at radius 2 is 1.85 bits per heavy atom. The first-order chi connectivity index (χ1) is 12.6. The van der Waals surface area contributed by atoms with Gasteiger partial charge in [0.05, 0.1) is 16.4 Å². The summed E-state index contributed by atoms with van der Waals surface area (Å²) in [5.41, 5.74) is 2.16. The van der Waals surface area contributed by atoms with E-state index >= 15 is 0 Å². The van der Waals surface area contributed by atoms with Crippen molar-refractivity contribution in [3.63, 3.8) is 0 Å². The number of piperazine rings is 1. The monoisotopic (exact) mass is 371 g/mol. The van der Waals surface area contributed by atoms with Crippen LogP contribution in [0.4, 0.5) is 11.4 Å². The summed E-state index contributed by atoms with van der Waals surface area (Å²) >= 11 is 6.26. The second kappa shape index (κ2) is 6.88. The molecule has 0 bridgehead atoms. The maximum Gasteiger partial charge on any atom is 0.262 e. The fraction of sp³-hybridized carbons (Fsp3) is 0.263. The van der Waals surface area contributed by atoms with E-state index in [0.717, 1.165) is 23.8 Å². The fourth-order valence-electron chi connectivity index (χ4n) is 3.25. The molecular weight excluding hydrogens is 354 g/mol. The van der Waals surface area contributed by atoms with Gasteiger partial charge in [-0.3, -0.25) is 9.59 Å². The summed E-state index contributed by atoms with van der Waals surface area (Å²) in [6.07, 6.45) is 0. The van der Waals surface area contributed by atoms with Crippen LogP contribution < -0.4 is 15.0 Å². The lowest BCUT2D eigenvalue weighted by Gasteiger charge is -2.36. The summed E-state index contributed by atoms with van der Waals surface area (Å²) in [4.78, 5) is 28.2. The Bertz CT molecular complexity index is 863. The van der Waals surface area contributed by atoms with Gasteiger partial charge in [-0.25, -0.2) is 0 Å². The second-order valence-electron chi connectivity index (χ2n) is 6.28. The number of ether oxygens (including phenoxy) is 1. The standard InChI is InChI=1S/C19H18ClN3O3/c20-14-3-1-2-4-16(14)22-7-9-23(10-8-22)19(25)13-5-6-15-17(11-13)26-12-18(24)21-15/h1-6,11H,7-10,12H2,(H,21,24). The highest BCUT2D eigenvalue weighted by Gasteiger charge is 2.25. The molecular formula is C19H18ClN3O3. The van der Waals surface area contributed by atoms with E-state index in [1.54, 1.807) is 18.2 Å². The molecule has 2 aromatic carbocycles. The molecule has 1 fully saturated rings. The van der Waals surface area contributed by atoms with Crippen LogP contribution in [0.15, 0.2) is 42.5 Å². The number of rotatable bonds is 2. The molecule has 0 atom stereocenters. The van der Waals surface area contributed by atoms with E-state index in [1.807, 2.05) is 29.2 Å². The Labute approximate surface area is 156 Å². The van der Waals surface area contributed by atoms with Gasteiger partial charge in [-0.15, -0.1) is 0 Å².